The number of carbonyl (C=O) groups excluding carboxylic acids is 1. The van der Waals surface area contributed by atoms with Gasteiger partial charge < -0.3 is 9.42 Å². The van der Waals surface area contributed by atoms with Gasteiger partial charge in [0.25, 0.3) is 0 Å². The Morgan fingerprint density at radius 2 is 2.09 bits per heavy atom. The van der Waals surface area contributed by atoms with Crippen molar-refractivity contribution in [1.82, 2.24) is 15.0 Å². The van der Waals surface area contributed by atoms with Crippen LogP contribution < -0.4 is 0 Å². The molecular formula is C15H16F3N3O2. The van der Waals surface area contributed by atoms with Crippen LogP contribution in [0.5, 0.6) is 0 Å². The maximum atomic E-state index is 12.6. The predicted molar refractivity (Wildman–Crippen MR) is 76.2 cm³/mol. The summed E-state index contributed by atoms with van der Waals surface area (Å²) < 4.78 is 42.8. The number of benzene rings is 1. The Morgan fingerprint density at radius 3 is 2.65 bits per heavy atom. The van der Waals surface area contributed by atoms with Gasteiger partial charge in [-0.25, -0.2) is 0 Å². The second kappa shape index (κ2) is 6.80. The van der Waals surface area contributed by atoms with Crippen LogP contribution in [-0.2, 0) is 11.3 Å². The van der Waals surface area contributed by atoms with Gasteiger partial charge in [-0.05, 0) is 18.1 Å². The largest absolute Gasteiger partial charge is 0.471 e. The van der Waals surface area contributed by atoms with Crippen molar-refractivity contribution < 1.29 is 22.5 Å². The van der Waals surface area contributed by atoms with Crippen molar-refractivity contribution in [2.24, 2.45) is 0 Å². The first kappa shape index (κ1) is 17.0. The van der Waals surface area contributed by atoms with Gasteiger partial charge in [0.1, 0.15) is 0 Å². The second-order valence-electron chi connectivity index (χ2n) is 5.06. The van der Waals surface area contributed by atoms with E-state index in [1.54, 1.807) is 38.1 Å². The van der Waals surface area contributed by atoms with Crippen molar-refractivity contribution in [3.63, 3.8) is 0 Å². The minimum atomic E-state index is -4.88. The third-order valence-corrected chi connectivity index (χ3v) is 3.11. The van der Waals surface area contributed by atoms with E-state index in [1.807, 2.05) is 0 Å². The summed E-state index contributed by atoms with van der Waals surface area (Å²) in [6, 6.07) is 6.71. The molecule has 0 fully saturated rings. The summed E-state index contributed by atoms with van der Waals surface area (Å²) >= 11 is 0. The summed E-state index contributed by atoms with van der Waals surface area (Å²) in [6.07, 6.45) is -4.44. The highest BCUT2D eigenvalue weighted by atomic mass is 19.4. The Balaban J connectivity index is 2.22. The number of hydrogen-bond donors (Lipinski definition) is 0. The van der Waals surface area contributed by atoms with Crippen molar-refractivity contribution >= 4 is 5.91 Å². The zero-order valence-electron chi connectivity index (χ0n) is 12.7. The molecule has 124 valence electrons. The van der Waals surface area contributed by atoms with Crippen molar-refractivity contribution in [2.75, 3.05) is 6.54 Å². The lowest BCUT2D eigenvalue weighted by Crippen LogP contribution is -2.41. The fourth-order valence-corrected chi connectivity index (χ4v) is 2.15. The average Bonchev–Trinajstić information content (AvgIpc) is 2.92. The van der Waals surface area contributed by atoms with E-state index in [9.17, 15) is 18.0 Å². The molecule has 0 aliphatic carbocycles. The molecule has 2 aromatic rings. The lowest BCUT2D eigenvalue weighted by molar-refractivity contribution is -0.186. The first-order chi connectivity index (χ1) is 10.8. The van der Waals surface area contributed by atoms with E-state index in [1.165, 1.54) is 0 Å². The topological polar surface area (TPSA) is 59.2 Å². The summed E-state index contributed by atoms with van der Waals surface area (Å²) in [7, 11) is 0. The smallest absolute Gasteiger partial charge is 0.339 e. The fourth-order valence-electron chi connectivity index (χ4n) is 2.15. The highest BCUT2D eigenvalue weighted by molar-refractivity contribution is 5.81. The predicted octanol–water partition coefficient (Wildman–Crippen LogP) is 3.35. The molecule has 0 atom stereocenters. The van der Waals surface area contributed by atoms with Gasteiger partial charge in [0.15, 0.2) is 0 Å². The molecule has 0 radical (unpaired) electrons. The highest BCUT2D eigenvalue weighted by Crippen LogP contribution is 2.22. The standard InChI is InChI=1S/C15H16F3N3O2/c1-3-7-21(14(22)15(16,17)18)9-11-5-4-6-12(8-11)13-19-10(2)23-20-13/h4-6,8H,3,7,9H2,1-2H3. The maximum Gasteiger partial charge on any atom is 0.471 e. The summed E-state index contributed by atoms with van der Waals surface area (Å²) in [5, 5.41) is 3.77. The summed E-state index contributed by atoms with van der Waals surface area (Å²) in [5.74, 6) is -1.08. The molecule has 8 heteroatoms. The lowest BCUT2D eigenvalue weighted by atomic mass is 10.1. The van der Waals surface area contributed by atoms with Gasteiger partial charge in [-0.3, -0.25) is 4.79 Å². The van der Waals surface area contributed by atoms with E-state index in [0.717, 1.165) is 4.90 Å². The minimum Gasteiger partial charge on any atom is -0.339 e. The zero-order valence-corrected chi connectivity index (χ0v) is 12.7. The summed E-state index contributed by atoms with van der Waals surface area (Å²) in [6.45, 7) is 3.27. The van der Waals surface area contributed by atoms with E-state index in [-0.39, 0.29) is 13.1 Å². The van der Waals surface area contributed by atoms with Gasteiger partial charge in [-0.2, -0.15) is 18.2 Å². The Bertz CT molecular complexity index is 683. The van der Waals surface area contributed by atoms with Gasteiger partial charge in [-0.1, -0.05) is 30.3 Å². The molecule has 0 saturated carbocycles. The lowest BCUT2D eigenvalue weighted by Gasteiger charge is -2.23. The molecule has 1 heterocycles. The van der Waals surface area contributed by atoms with Crippen LogP contribution in [0.4, 0.5) is 13.2 Å². The molecule has 5 nitrogen and oxygen atoms in total. The molecule has 1 amide bonds. The highest BCUT2D eigenvalue weighted by Gasteiger charge is 2.42. The zero-order chi connectivity index (χ0) is 17.0. The molecule has 0 N–H and O–H groups in total. The van der Waals surface area contributed by atoms with Crippen LogP contribution in [0.15, 0.2) is 28.8 Å². The number of rotatable bonds is 5. The van der Waals surface area contributed by atoms with Crippen LogP contribution in [0.25, 0.3) is 11.4 Å². The SMILES string of the molecule is CCCN(Cc1cccc(-c2noc(C)n2)c1)C(=O)C(F)(F)F. The van der Waals surface area contributed by atoms with Gasteiger partial charge in [0.05, 0.1) is 0 Å². The average molecular weight is 327 g/mol. The molecule has 23 heavy (non-hydrogen) atoms. The Labute approximate surface area is 131 Å². The molecule has 0 aliphatic rings. The summed E-state index contributed by atoms with van der Waals surface area (Å²) in [4.78, 5) is 16.3. The van der Waals surface area contributed by atoms with Crippen molar-refractivity contribution in [3.05, 3.63) is 35.7 Å². The van der Waals surface area contributed by atoms with Crippen LogP contribution in [0.3, 0.4) is 0 Å². The van der Waals surface area contributed by atoms with E-state index in [2.05, 4.69) is 10.1 Å². The van der Waals surface area contributed by atoms with Crippen LogP contribution in [0.2, 0.25) is 0 Å². The summed E-state index contributed by atoms with van der Waals surface area (Å²) in [5.41, 5.74) is 1.19. The number of nitrogens with zero attached hydrogens (tertiary/aromatic N) is 3. The molecular weight excluding hydrogens is 311 g/mol. The first-order valence-corrected chi connectivity index (χ1v) is 7.07. The van der Waals surface area contributed by atoms with Gasteiger partial charge in [0.2, 0.25) is 11.7 Å². The van der Waals surface area contributed by atoms with E-state index < -0.39 is 12.1 Å². The number of halogens is 3. The fraction of sp³-hybridized carbons (Fsp3) is 0.400. The van der Waals surface area contributed by atoms with Crippen LogP contribution in [-0.4, -0.2) is 33.7 Å². The monoisotopic (exact) mass is 327 g/mol. The second-order valence-corrected chi connectivity index (χ2v) is 5.06. The molecule has 2 rings (SSSR count). The van der Waals surface area contributed by atoms with Crippen LogP contribution in [0, 0.1) is 6.92 Å². The van der Waals surface area contributed by atoms with Crippen molar-refractivity contribution in [3.8, 4) is 11.4 Å². The molecule has 0 aliphatic heterocycles. The molecule has 0 saturated heterocycles. The maximum absolute atomic E-state index is 12.6. The van der Waals surface area contributed by atoms with Crippen LogP contribution in [0.1, 0.15) is 24.8 Å². The third kappa shape index (κ3) is 4.30. The Morgan fingerprint density at radius 1 is 1.35 bits per heavy atom. The third-order valence-electron chi connectivity index (χ3n) is 3.11. The van der Waals surface area contributed by atoms with E-state index >= 15 is 0 Å². The number of amides is 1. The quantitative estimate of drug-likeness (QED) is 0.845. The van der Waals surface area contributed by atoms with Gasteiger partial charge in [0, 0.05) is 25.6 Å². The molecule has 1 aromatic carbocycles. The molecule has 0 bridgehead atoms. The van der Waals surface area contributed by atoms with Gasteiger partial charge in [-0.15, -0.1) is 0 Å². The molecule has 1 aromatic heterocycles. The minimum absolute atomic E-state index is 0.0316. The molecule has 0 spiro atoms. The molecule has 0 unspecified atom stereocenters. The van der Waals surface area contributed by atoms with Gasteiger partial charge >= 0.3 is 12.1 Å². The number of alkyl halides is 3. The number of carbonyl (C=O) groups is 1. The normalized spacial score (nSPS) is 11.5. The number of aryl methyl sites for hydroxylation is 1. The van der Waals surface area contributed by atoms with Crippen molar-refractivity contribution in [2.45, 2.75) is 33.0 Å². The van der Waals surface area contributed by atoms with E-state index in [0.29, 0.717) is 29.3 Å². The van der Waals surface area contributed by atoms with Crippen molar-refractivity contribution in [1.29, 1.82) is 0 Å². The first-order valence-electron chi connectivity index (χ1n) is 7.07. The Hall–Kier alpha value is -2.38. The number of aromatic nitrogens is 2. The van der Waals surface area contributed by atoms with Crippen LogP contribution >= 0.6 is 0 Å². The van der Waals surface area contributed by atoms with E-state index in [4.69, 9.17) is 4.52 Å². The Kier molecular flexibility index (Phi) is 5.02. The number of hydrogen-bond acceptors (Lipinski definition) is 4.